The van der Waals surface area contributed by atoms with Crippen molar-refractivity contribution in [2.24, 2.45) is 0 Å². The molecule has 0 aliphatic carbocycles. The highest BCUT2D eigenvalue weighted by atomic mass is 79.9. The number of fused-ring (bicyclic) bond motifs is 1. The van der Waals surface area contributed by atoms with Crippen molar-refractivity contribution in [1.29, 1.82) is 0 Å². The topological polar surface area (TPSA) is 55.6 Å². The summed E-state index contributed by atoms with van der Waals surface area (Å²) in [5.74, 6) is 0.635. The molecule has 3 rings (SSSR count). The number of carbonyl (C=O) groups is 1. The first-order valence-corrected chi connectivity index (χ1v) is 10.5. The number of carbonyl (C=O) groups excluding carboxylic acids is 1. The van der Waals surface area contributed by atoms with E-state index in [-0.39, 0.29) is 5.91 Å². The fourth-order valence-electron chi connectivity index (χ4n) is 3.16. The van der Waals surface area contributed by atoms with Crippen LogP contribution in [0.2, 0.25) is 0 Å². The van der Waals surface area contributed by atoms with Gasteiger partial charge < -0.3 is 10.1 Å². The molecule has 0 aliphatic heterocycles. The second kappa shape index (κ2) is 9.24. The summed E-state index contributed by atoms with van der Waals surface area (Å²) in [7, 11) is 0. The van der Waals surface area contributed by atoms with Crippen LogP contribution in [0.15, 0.2) is 41.0 Å². The monoisotopic (exact) mass is 443 g/mol. The van der Waals surface area contributed by atoms with E-state index in [1.165, 1.54) is 19.3 Å². The molecule has 0 saturated carbocycles. The van der Waals surface area contributed by atoms with E-state index in [9.17, 15) is 4.79 Å². The molecule has 148 valence electrons. The standard InChI is InChI=1S/C22H26BrN3O2/c1-4-5-6-7-12-28-18-10-8-17(9-11-18)25-22(27)20-16(3)24-21-19(23)13-15(2)14-26(20)21/h8-11,13-14H,4-7,12H2,1-3H3,(H,25,27). The van der Waals surface area contributed by atoms with Crippen LogP contribution in [0.5, 0.6) is 5.75 Å². The Morgan fingerprint density at radius 3 is 2.64 bits per heavy atom. The Morgan fingerprint density at radius 1 is 1.18 bits per heavy atom. The average Bonchev–Trinajstić information content (AvgIpc) is 2.99. The minimum atomic E-state index is -0.185. The Kier molecular flexibility index (Phi) is 6.73. The molecule has 0 saturated heterocycles. The molecule has 1 N–H and O–H groups in total. The average molecular weight is 444 g/mol. The van der Waals surface area contributed by atoms with Crippen molar-refractivity contribution in [2.75, 3.05) is 11.9 Å². The van der Waals surface area contributed by atoms with Gasteiger partial charge in [-0.05, 0) is 72.1 Å². The Hall–Kier alpha value is -2.34. The molecule has 0 radical (unpaired) electrons. The summed E-state index contributed by atoms with van der Waals surface area (Å²) < 4.78 is 8.46. The predicted octanol–water partition coefficient (Wildman–Crippen LogP) is 5.93. The number of benzene rings is 1. The molecule has 1 amide bonds. The van der Waals surface area contributed by atoms with Gasteiger partial charge in [0.2, 0.25) is 0 Å². The number of nitrogens with zero attached hydrogens (tertiary/aromatic N) is 2. The van der Waals surface area contributed by atoms with E-state index in [1.807, 2.05) is 54.8 Å². The van der Waals surface area contributed by atoms with Crippen LogP contribution in [0.4, 0.5) is 5.69 Å². The maximum absolute atomic E-state index is 12.9. The van der Waals surface area contributed by atoms with Crippen LogP contribution in [0.1, 0.15) is 54.4 Å². The van der Waals surface area contributed by atoms with Crippen molar-refractivity contribution in [2.45, 2.75) is 46.5 Å². The van der Waals surface area contributed by atoms with Crippen molar-refractivity contribution in [3.8, 4) is 5.75 Å². The van der Waals surface area contributed by atoms with Crippen LogP contribution >= 0.6 is 15.9 Å². The number of imidazole rings is 1. The van der Waals surface area contributed by atoms with Gasteiger partial charge in [0.25, 0.3) is 5.91 Å². The zero-order valence-electron chi connectivity index (χ0n) is 16.6. The van der Waals surface area contributed by atoms with E-state index in [1.54, 1.807) is 0 Å². The minimum Gasteiger partial charge on any atom is -0.494 e. The lowest BCUT2D eigenvalue weighted by Gasteiger charge is -2.09. The van der Waals surface area contributed by atoms with E-state index in [4.69, 9.17) is 4.74 Å². The number of halogens is 1. The lowest BCUT2D eigenvalue weighted by atomic mass is 10.2. The number of hydrogen-bond donors (Lipinski definition) is 1. The molecule has 0 bridgehead atoms. The quantitative estimate of drug-likeness (QED) is 0.439. The van der Waals surface area contributed by atoms with Crippen LogP contribution in [0, 0.1) is 13.8 Å². The van der Waals surface area contributed by atoms with Crippen LogP contribution < -0.4 is 10.1 Å². The summed E-state index contributed by atoms with van der Waals surface area (Å²) in [6, 6.07) is 9.48. The van der Waals surface area contributed by atoms with Crippen LogP contribution in [-0.2, 0) is 0 Å². The molecule has 28 heavy (non-hydrogen) atoms. The first kappa shape index (κ1) is 20.4. The third-order valence-corrected chi connectivity index (χ3v) is 5.16. The van der Waals surface area contributed by atoms with Crippen molar-refractivity contribution in [3.63, 3.8) is 0 Å². The summed E-state index contributed by atoms with van der Waals surface area (Å²) >= 11 is 3.52. The predicted molar refractivity (Wildman–Crippen MR) is 116 cm³/mol. The van der Waals surface area contributed by atoms with Gasteiger partial charge in [-0.25, -0.2) is 4.98 Å². The molecule has 0 atom stereocenters. The Morgan fingerprint density at radius 2 is 1.93 bits per heavy atom. The lowest BCUT2D eigenvalue weighted by molar-refractivity contribution is 0.102. The summed E-state index contributed by atoms with van der Waals surface area (Å²) in [4.78, 5) is 17.4. The molecule has 2 heterocycles. The molecule has 5 nitrogen and oxygen atoms in total. The number of pyridine rings is 1. The number of aromatic nitrogens is 2. The molecule has 0 fully saturated rings. The number of ether oxygens (including phenoxy) is 1. The third-order valence-electron chi connectivity index (χ3n) is 4.58. The van der Waals surface area contributed by atoms with Crippen LogP contribution in [0.25, 0.3) is 5.65 Å². The molecule has 1 aromatic carbocycles. The van der Waals surface area contributed by atoms with Gasteiger partial charge in [-0.3, -0.25) is 9.20 Å². The first-order chi connectivity index (χ1) is 13.5. The van der Waals surface area contributed by atoms with Gasteiger partial charge in [0.15, 0.2) is 5.65 Å². The van der Waals surface area contributed by atoms with E-state index in [2.05, 4.69) is 33.2 Å². The maximum Gasteiger partial charge on any atom is 0.274 e. The van der Waals surface area contributed by atoms with Gasteiger partial charge in [0, 0.05) is 11.9 Å². The van der Waals surface area contributed by atoms with Gasteiger partial charge >= 0.3 is 0 Å². The number of aryl methyl sites for hydroxylation is 2. The molecule has 0 unspecified atom stereocenters. The highest BCUT2D eigenvalue weighted by Gasteiger charge is 2.18. The smallest absolute Gasteiger partial charge is 0.274 e. The lowest BCUT2D eigenvalue weighted by Crippen LogP contribution is -2.15. The Balaban J connectivity index is 1.68. The number of unbranched alkanes of at least 4 members (excludes halogenated alkanes) is 3. The number of nitrogens with one attached hydrogen (secondary N) is 1. The van der Waals surface area contributed by atoms with Crippen molar-refractivity contribution >= 4 is 33.2 Å². The zero-order valence-corrected chi connectivity index (χ0v) is 18.2. The van der Waals surface area contributed by atoms with E-state index < -0.39 is 0 Å². The van der Waals surface area contributed by atoms with E-state index >= 15 is 0 Å². The molecular formula is C22H26BrN3O2. The molecular weight excluding hydrogens is 418 g/mol. The number of amides is 1. The zero-order chi connectivity index (χ0) is 20.1. The minimum absolute atomic E-state index is 0.185. The van der Waals surface area contributed by atoms with E-state index in [0.717, 1.165) is 40.1 Å². The fraction of sp³-hybridized carbons (Fsp3) is 0.364. The molecule has 0 spiro atoms. The SMILES string of the molecule is CCCCCCOc1ccc(NC(=O)c2c(C)nc3c(Br)cc(C)cn23)cc1. The summed E-state index contributed by atoms with van der Waals surface area (Å²) in [5.41, 5.74) is 3.74. The maximum atomic E-state index is 12.9. The molecule has 0 aliphatic rings. The largest absolute Gasteiger partial charge is 0.494 e. The molecule has 3 aromatic rings. The Bertz CT molecular complexity index is 964. The normalized spacial score (nSPS) is 11.0. The fourth-order valence-corrected chi connectivity index (χ4v) is 3.80. The van der Waals surface area contributed by atoms with Gasteiger partial charge in [0.05, 0.1) is 16.8 Å². The van der Waals surface area contributed by atoms with Gasteiger partial charge in [0.1, 0.15) is 11.4 Å². The van der Waals surface area contributed by atoms with Crippen molar-refractivity contribution in [1.82, 2.24) is 9.38 Å². The van der Waals surface area contributed by atoms with Gasteiger partial charge in [-0.15, -0.1) is 0 Å². The third kappa shape index (κ3) is 4.73. The second-order valence-corrected chi connectivity index (χ2v) is 7.85. The summed E-state index contributed by atoms with van der Waals surface area (Å²) in [5, 5.41) is 2.96. The molecule has 6 heteroatoms. The van der Waals surface area contributed by atoms with Crippen molar-refractivity contribution in [3.05, 3.63) is 58.0 Å². The van der Waals surface area contributed by atoms with Crippen LogP contribution in [0.3, 0.4) is 0 Å². The number of anilines is 1. The van der Waals surface area contributed by atoms with Gasteiger partial charge in [-0.2, -0.15) is 0 Å². The highest BCUT2D eigenvalue weighted by molar-refractivity contribution is 9.10. The summed E-state index contributed by atoms with van der Waals surface area (Å²) in [6.45, 7) is 6.75. The van der Waals surface area contributed by atoms with E-state index in [0.29, 0.717) is 11.4 Å². The first-order valence-electron chi connectivity index (χ1n) is 9.68. The number of rotatable bonds is 8. The van der Waals surface area contributed by atoms with Crippen molar-refractivity contribution < 1.29 is 9.53 Å². The number of hydrogen-bond acceptors (Lipinski definition) is 3. The summed E-state index contributed by atoms with van der Waals surface area (Å²) in [6.07, 6.45) is 6.64. The second-order valence-electron chi connectivity index (χ2n) is 6.99. The molecule has 2 aromatic heterocycles. The van der Waals surface area contributed by atoms with Crippen LogP contribution in [-0.4, -0.2) is 21.9 Å². The van der Waals surface area contributed by atoms with Gasteiger partial charge in [-0.1, -0.05) is 26.2 Å². The Labute approximate surface area is 174 Å². The highest BCUT2D eigenvalue weighted by Crippen LogP contribution is 2.23.